The van der Waals surface area contributed by atoms with Gasteiger partial charge in [-0.2, -0.15) is 0 Å². The number of para-hydroxylation sites is 2. The second-order valence-electron chi connectivity index (χ2n) is 11.6. The summed E-state index contributed by atoms with van der Waals surface area (Å²) in [7, 11) is 0. The van der Waals surface area contributed by atoms with E-state index in [0.29, 0.717) is 37.1 Å². The van der Waals surface area contributed by atoms with Crippen molar-refractivity contribution in [1.29, 1.82) is 0 Å². The van der Waals surface area contributed by atoms with E-state index in [1.807, 2.05) is 27.7 Å². The van der Waals surface area contributed by atoms with Crippen molar-refractivity contribution in [3.8, 4) is 0 Å². The number of carbonyl (C=O) groups excluding carboxylic acids is 4. The van der Waals surface area contributed by atoms with Gasteiger partial charge in [-0.1, -0.05) is 39.8 Å². The van der Waals surface area contributed by atoms with Crippen LogP contribution < -0.4 is 10.6 Å². The minimum Gasteiger partial charge on any atom is -0.323 e. The Morgan fingerprint density at radius 1 is 0.750 bits per heavy atom. The Hall–Kier alpha value is -2.50. The Bertz CT molecular complexity index is 975. The molecule has 4 bridgehead atoms. The molecule has 0 radical (unpaired) electrons. The molecular weight excluding hydrogens is 404 g/mol. The first kappa shape index (κ1) is 21.4. The highest BCUT2D eigenvalue weighted by Gasteiger charge is 2.66. The molecule has 0 aromatic heterocycles. The highest BCUT2D eigenvalue weighted by atomic mass is 16.2. The van der Waals surface area contributed by atoms with E-state index in [9.17, 15) is 19.2 Å². The molecular formula is C26H32N2O4. The van der Waals surface area contributed by atoms with Crippen LogP contribution in [0.1, 0.15) is 66.2 Å². The Morgan fingerprint density at radius 3 is 1.44 bits per heavy atom. The number of hydrogen-bond acceptors (Lipinski definition) is 4. The lowest BCUT2D eigenvalue weighted by Gasteiger charge is -2.33. The number of Topliss-reactive ketones (excluding diaryl/α,β-unsaturated/α-hetero) is 2. The van der Waals surface area contributed by atoms with Gasteiger partial charge in [-0.15, -0.1) is 0 Å². The van der Waals surface area contributed by atoms with E-state index in [0.717, 1.165) is 12.8 Å². The zero-order chi connectivity index (χ0) is 23.1. The number of anilines is 2. The first-order valence-electron chi connectivity index (χ1n) is 11.8. The Morgan fingerprint density at radius 2 is 1.12 bits per heavy atom. The zero-order valence-corrected chi connectivity index (χ0v) is 19.3. The van der Waals surface area contributed by atoms with Crippen LogP contribution in [0.25, 0.3) is 0 Å². The molecule has 170 valence electrons. The number of benzene rings is 1. The summed E-state index contributed by atoms with van der Waals surface area (Å²) < 4.78 is 0. The van der Waals surface area contributed by atoms with Gasteiger partial charge in [0.1, 0.15) is 10.8 Å². The van der Waals surface area contributed by atoms with Crippen LogP contribution in [0.3, 0.4) is 0 Å². The zero-order valence-electron chi connectivity index (χ0n) is 19.3. The molecule has 6 heteroatoms. The maximum atomic E-state index is 13.4. The van der Waals surface area contributed by atoms with Crippen molar-refractivity contribution in [2.24, 2.45) is 33.5 Å². The fourth-order valence-electron chi connectivity index (χ4n) is 7.14. The summed E-state index contributed by atoms with van der Waals surface area (Å²) in [5.41, 5.74) is -1.97. The summed E-state index contributed by atoms with van der Waals surface area (Å²) in [5.74, 6) is -0.0440. The van der Waals surface area contributed by atoms with E-state index in [1.54, 1.807) is 24.3 Å². The summed E-state index contributed by atoms with van der Waals surface area (Å²) in [6.07, 6.45) is 4.10. The highest BCUT2D eigenvalue weighted by Crippen LogP contribution is 2.61. The van der Waals surface area contributed by atoms with Crippen LogP contribution in [0, 0.1) is 33.5 Å². The summed E-state index contributed by atoms with van der Waals surface area (Å²) in [5, 5.41) is 5.89. The van der Waals surface area contributed by atoms with Crippen LogP contribution in [0.2, 0.25) is 0 Å². The van der Waals surface area contributed by atoms with E-state index in [4.69, 9.17) is 0 Å². The summed E-state index contributed by atoms with van der Waals surface area (Å²) in [6, 6.07) is 7.04. The van der Waals surface area contributed by atoms with Gasteiger partial charge in [0, 0.05) is 10.8 Å². The van der Waals surface area contributed by atoms with Crippen LogP contribution in [0.4, 0.5) is 11.4 Å². The third-order valence-electron chi connectivity index (χ3n) is 9.40. The molecule has 4 fully saturated rings. The Balaban J connectivity index is 1.38. The second-order valence-corrected chi connectivity index (χ2v) is 11.6. The molecule has 0 aliphatic heterocycles. The van der Waals surface area contributed by atoms with E-state index in [2.05, 4.69) is 10.6 Å². The maximum absolute atomic E-state index is 13.4. The minimum absolute atomic E-state index is 0.0231. The molecule has 2 amide bonds. The molecule has 0 saturated heterocycles. The highest BCUT2D eigenvalue weighted by molar-refractivity contribution is 6.18. The number of hydrogen-bond donors (Lipinski definition) is 2. The fourth-order valence-corrected chi connectivity index (χ4v) is 7.14. The largest absolute Gasteiger partial charge is 0.323 e. The van der Waals surface area contributed by atoms with Gasteiger partial charge in [-0.25, -0.2) is 0 Å². The molecule has 1 aromatic carbocycles. The van der Waals surface area contributed by atoms with Crippen molar-refractivity contribution in [2.75, 3.05) is 10.6 Å². The van der Waals surface area contributed by atoms with Gasteiger partial charge < -0.3 is 10.6 Å². The van der Waals surface area contributed by atoms with Crippen molar-refractivity contribution in [3.05, 3.63) is 24.3 Å². The molecule has 5 rings (SSSR count). The lowest BCUT2D eigenvalue weighted by Crippen LogP contribution is -2.45. The van der Waals surface area contributed by atoms with Crippen molar-refractivity contribution in [1.82, 2.24) is 0 Å². The lowest BCUT2D eigenvalue weighted by molar-refractivity contribution is -0.144. The molecule has 4 aliphatic rings. The average molecular weight is 437 g/mol. The van der Waals surface area contributed by atoms with E-state index < -0.39 is 21.7 Å². The molecule has 4 atom stereocenters. The van der Waals surface area contributed by atoms with Crippen molar-refractivity contribution in [2.45, 2.75) is 66.2 Å². The Labute approximate surface area is 188 Å². The van der Waals surface area contributed by atoms with E-state index >= 15 is 0 Å². The third-order valence-corrected chi connectivity index (χ3v) is 9.40. The molecule has 2 N–H and O–H groups in total. The second kappa shape index (κ2) is 6.52. The summed E-state index contributed by atoms with van der Waals surface area (Å²) in [6.45, 7) is 7.76. The van der Waals surface area contributed by atoms with E-state index in [1.165, 1.54) is 0 Å². The normalized spacial score (nSPS) is 35.9. The fraction of sp³-hybridized carbons (Fsp3) is 0.615. The molecule has 32 heavy (non-hydrogen) atoms. The molecule has 0 heterocycles. The number of amides is 2. The summed E-state index contributed by atoms with van der Waals surface area (Å²) in [4.78, 5) is 52.9. The topological polar surface area (TPSA) is 92.3 Å². The van der Waals surface area contributed by atoms with Crippen molar-refractivity contribution >= 4 is 34.8 Å². The number of fused-ring (bicyclic) bond motifs is 4. The van der Waals surface area contributed by atoms with Gasteiger partial charge in [-0.05, 0) is 62.5 Å². The van der Waals surface area contributed by atoms with Gasteiger partial charge in [0.05, 0.1) is 11.4 Å². The Kier molecular flexibility index (Phi) is 4.35. The number of carbonyl (C=O) groups is 4. The SMILES string of the molecule is CC1(C)C(=O)C2(C(=O)Nc3ccccc3NC(=O)C34CCC(C3)C(C)(C)C4=O)CCC1C2. The van der Waals surface area contributed by atoms with Crippen LogP contribution in [0.15, 0.2) is 24.3 Å². The molecule has 6 nitrogen and oxygen atoms in total. The molecule has 1 aromatic rings. The first-order valence-corrected chi connectivity index (χ1v) is 11.8. The number of nitrogens with one attached hydrogen (secondary N) is 2. The number of rotatable bonds is 4. The van der Waals surface area contributed by atoms with Gasteiger partial charge in [0.25, 0.3) is 0 Å². The number of ketones is 2. The molecule has 0 spiro atoms. The smallest absolute Gasteiger partial charge is 0.238 e. The third kappa shape index (κ3) is 2.58. The van der Waals surface area contributed by atoms with Crippen LogP contribution >= 0.6 is 0 Å². The van der Waals surface area contributed by atoms with Crippen molar-refractivity contribution in [3.63, 3.8) is 0 Å². The van der Waals surface area contributed by atoms with Gasteiger partial charge in [-0.3, -0.25) is 19.2 Å². The van der Waals surface area contributed by atoms with Gasteiger partial charge >= 0.3 is 0 Å². The molecule has 4 unspecified atom stereocenters. The minimum atomic E-state index is -0.978. The predicted octanol–water partition coefficient (Wildman–Crippen LogP) is 4.35. The first-order chi connectivity index (χ1) is 14.9. The lowest BCUT2D eigenvalue weighted by atomic mass is 9.70. The molecule has 4 saturated carbocycles. The summed E-state index contributed by atoms with van der Waals surface area (Å²) >= 11 is 0. The predicted molar refractivity (Wildman–Crippen MR) is 121 cm³/mol. The van der Waals surface area contributed by atoms with Gasteiger partial charge in [0.15, 0.2) is 11.6 Å². The van der Waals surface area contributed by atoms with Gasteiger partial charge in [0.2, 0.25) is 11.8 Å². The van der Waals surface area contributed by atoms with Crippen molar-refractivity contribution < 1.29 is 19.2 Å². The average Bonchev–Trinajstić information content (AvgIpc) is 3.47. The quantitative estimate of drug-likeness (QED) is 0.686. The maximum Gasteiger partial charge on any atom is 0.238 e. The standard InChI is InChI=1S/C26H32N2O4/c1-23(2)15-9-11-25(13-15,19(23)29)21(31)27-17-7-5-6-8-18(17)28-22(32)26-12-10-16(14-26)24(3,4)20(26)30/h5-8,15-16H,9-14H2,1-4H3,(H,27,31)(H,28,32). The van der Waals surface area contributed by atoms with Crippen LogP contribution in [0.5, 0.6) is 0 Å². The van der Waals surface area contributed by atoms with Crippen LogP contribution in [-0.2, 0) is 19.2 Å². The molecule has 4 aliphatic carbocycles. The van der Waals surface area contributed by atoms with E-state index in [-0.39, 0.29) is 35.2 Å². The van der Waals surface area contributed by atoms with Crippen LogP contribution in [-0.4, -0.2) is 23.4 Å². The monoisotopic (exact) mass is 436 g/mol.